The number of nitrogens with one attached hydrogen (secondary N) is 3. The molecule has 1 saturated heterocycles. The molecule has 0 bridgehead atoms. The maximum Gasteiger partial charge on any atom is 0.291 e. The molecule has 0 aliphatic carbocycles. The maximum absolute atomic E-state index is 12.5. The quantitative estimate of drug-likeness (QED) is 0.654. The van der Waals surface area contributed by atoms with Crippen molar-refractivity contribution in [2.45, 2.75) is 25.8 Å². The molecule has 1 aliphatic heterocycles. The van der Waals surface area contributed by atoms with Crippen LogP contribution in [0.15, 0.2) is 28.9 Å². The Morgan fingerprint density at radius 3 is 2.76 bits per heavy atom. The third-order valence-electron chi connectivity index (χ3n) is 4.63. The van der Waals surface area contributed by atoms with Crippen molar-refractivity contribution in [1.82, 2.24) is 15.5 Å². The molecule has 0 saturated carbocycles. The Morgan fingerprint density at radius 2 is 2.07 bits per heavy atom. The summed E-state index contributed by atoms with van der Waals surface area (Å²) >= 11 is 1.11. The topological polar surface area (TPSA) is 121 Å². The van der Waals surface area contributed by atoms with Crippen LogP contribution in [0.3, 0.4) is 0 Å². The summed E-state index contributed by atoms with van der Waals surface area (Å²) in [5.41, 5.74) is 0.680. The predicted molar refractivity (Wildman–Crippen MR) is 107 cm³/mol. The first-order chi connectivity index (χ1) is 13.9. The van der Waals surface area contributed by atoms with Gasteiger partial charge in [0.2, 0.25) is 11.8 Å². The van der Waals surface area contributed by atoms with E-state index in [4.69, 9.17) is 4.42 Å². The molecule has 3 rings (SSSR count). The third-order valence-corrected chi connectivity index (χ3v) is 5.78. The maximum atomic E-state index is 12.5. The summed E-state index contributed by atoms with van der Waals surface area (Å²) < 4.78 is 5.04. The lowest BCUT2D eigenvalue weighted by atomic mass is 10.2. The third kappa shape index (κ3) is 4.65. The molecule has 0 aromatic carbocycles. The lowest BCUT2D eigenvalue weighted by Crippen LogP contribution is -2.48. The van der Waals surface area contributed by atoms with Crippen LogP contribution in [0, 0.1) is 6.92 Å². The zero-order valence-electron chi connectivity index (χ0n) is 16.1. The first-order valence-electron chi connectivity index (χ1n) is 9.15. The molecule has 1 aliphatic rings. The Hall–Kier alpha value is -3.14. The van der Waals surface area contributed by atoms with E-state index in [-0.39, 0.29) is 24.1 Å². The van der Waals surface area contributed by atoms with E-state index in [9.17, 15) is 19.2 Å². The highest BCUT2D eigenvalue weighted by Gasteiger charge is 2.33. The fraction of sp³-hybridized carbons (Fsp3) is 0.368. The molecule has 1 unspecified atom stereocenters. The Balaban J connectivity index is 1.58. The zero-order chi connectivity index (χ0) is 21.0. The molecule has 1 atom stereocenters. The summed E-state index contributed by atoms with van der Waals surface area (Å²) in [7, 11) is 1.53. The summed E-state index contributed by atoms with van der Waals surface area (Å²) in [5.74, 6) is -1.15. The van der Waals surface area contributed by atoms with E-state index in [0.29, 0.717) is 28.4 Å². The molecule has 2 aromatic heterocycles. The van der Waals surface area contributed by atoms with Gasteiger partial charge < -0.3 is 25.3 Å². The first-order valence-corrected chi connectivity index (χ1v) is 9.97. The van der Waals surface area contributed by atoms with Crippen molar-refractivity contribution in [3.63, 3.8) is 0 Å². The highest BCUT2D eigenvalue weighted by molar-refractivity contribution is 7.18. The second kappa shape index (κ2) is 8.91. The number of hydrogen-bond acceptors (Lipinski definition) is 6. The van der Waals surface area contributed by atoms with Crippen LogP contribution in [0.4, 0.5) is 5.00 Å². The van der Waals surface area contributed by atoms with Crippen LogP contribution in [0.1, 0.15) is 38.6 Å². The van der Waals surface area contributed by atoms with Crippen LogP contribution < -0.4 is 16.0 Å². The van der Waals surface area contributed by atoms with E-state index in [1.54, 1.807) is 25.1 Å². The summed E-state index contributed by atoms with van der Waals surface area (Å²) in [6.45, 7) is 2.05. The van der Waals surface area contributed by atoms with Crippen LogP contribution >= 0.6 is 11.3 Å². The van der Waals surface area contributed by atoms with Gasteiger partial charge in [0.25, 0.3) is 11.8 Å². The number of hydrogen-bond donors (Lipinski definition) is 3. The number of amides is 4. The van der Waals surface area contributed by atoms with E-state index in [0.717, 1.165) is 17.8 Å². The van der Waals surface area contributed by atoms with Crippen LogP contribution in [-0.2, 0) is 9.59 Å². The Labute approximate surface area is 171 Å². The standard InChI is InChI=1S/C19H22N4O5S/c1-11-9-14(22-18(26)13-6-4-8-28-13)29-16(11)19(27)21-10-15(24)23-7-3-5-12(23)17(25)20-2/h4,6,8-9,12H,3,5,7,10H2,1-2H3,(H,20,25)(H,21,27)(H,22,26). The van der Waals surface area contributed by atoms with Gasteiger partial charge in [-0.3, -0.25) is 19.2 Å². The minimum absolute atomic E-state index is 0.170. The number of anilines is 1. The van der Waals surface area contributed by atoms with Gasteiger partial charge in [-0.05, 0) is 43.5 Å². The van der Waals surface area contributed by atoms with Gasteiger partial charge in [-0.15, -0.1) is 11.3 Å². The van der Waals surface area contributed by atoms with Gasteiger partial charge in [0.15, 0.2) is 5.76 Å². The number of rotatable bonds is 6. The summed E-state index contributed by atoms with van der Waals surface area (Å²) in [6, 6.07) is 4.35. The average Bonchev–Trinajstić information content (AvgIpc) is 3.45. The molecule has 3 N–H and O–H groups in total. The van der Waals surface area contributed by atoms with Gasteiger partial charge in [0.05, 0.1) is 22.7 Å². The Kier molecular flexibility index (Phi) is 6.32. The fourth-order valence-corrected chi connectivity index (χ4v) is 4.18. The first kappa shape index (κ1) is 20.6. The van der Waals surface area contributed by atoms with Crippen LogP contribution in [0.5, 0.6) is 0 Å². The molecule has 0 radical (unpaired) electrons. The van der Waals surface area contributed by atoms with Crippen molar-refractivity contribution < 1.29 is 23.6 Å². The van der Waals surface area contributed by atoms with Crippen molar-refractivity contribution >= 4 is 40.0 Å². The van der Waals surface area contributed by atoms with E-state index < -0.39 is 17.9 Å². The molecular weight excluding hydrogens is 396 g/mol. The summed E-state index contributed by atoms with van der Waals surface area (Å²) in [6.07, 6.45) is 2.77. The van der Waals surface area contributed by atoms with E-state index >= 15 is 0 Å². The molecule has 2 aromatic rings. The number of aryl methyl sites for hydroxylation is 1. The van der Waals surface area contributed by atoms with E-state index in [1.807, 2.05) is 0 Å². The minimum Gasteiger partial charge on any atom is -0.459 e. The van der Waals surface area contributed by atoms with Gasteiger partial charge in [0.1, 0.15) is 6.04 Å². The Bertz CT molecular complexity index is 921. The molecule has 10 heteroatoms. The van der Waals surface area contributed by atoms with Gasteiger partial charge >= 0.3 is 0 Å². The SMILES string of the molecule is CNC(=O)C1CCCN1C(=O)CNC(=O)c1sc(NC(=O)c2ccco2)cc1C. The van der Waals surface area contributed by atoms with Crippen molar-refractivity contribution in [3.8, 4) is 0 Å². The van der Waals surface area contributed by atoms with Crippen LogP contribution in [0.25, 0.3) is 0 Å². The number of likely N-dealkylation sites (N-methyl/N-ethyl adjacent to an activating group) is 1. The lowest BCUT2D eigenvalue weighted by molar-refractivity contribution is -0.137. The van der Waals surface area contributed by atoms with Crippen molar-refractivity contribution in [1.29, 1.82) is 0 Å². The highest BCUT2D eigenvalue weighted by atomic mass is 32.1. The molecular formula is C19H22N4O5S. The number of furan rings is 1. The molecule has 9 nitrogen and oxygen atoms in total. The monoisotopic (exact) mass is 418 g/mol. The van der Waals surface area contributed by atoms with E-state index in [2.05, 4.69) is 16.0 Å². The zero-order valence-corrected chi connectivity index (χ0v) is 16.9. The molecule has 4 amide bonds. The molecule has 0 spiro atoms. The second-order valence-corrected chi connectivity index (χ2v) is 7.65. The molecule has 1 fully saturated rings. The number of nitrogens with zero attached hydrogens (tertiary/aromatic N) is 1. The number of likely N-dealkylation sites (tertiary alicyclic amines) is 1. The van der Waals surface area contributed by atoms with Crippen molar-refractivity contribution in [2.24, 2.45) is 0 Å². The Morgan fingerprint density at radius 1 is 1.28 bits per heavy atom. The van der Waals surface area contributed by atoms with Gasteiger partial charge in [-0.2, -0.15) is 0 Å². The number of thiophene rings is 1. The molecule has 29 heavy (non-hydrogen) atoms. The van der Waals surface area contributed by atoms with Crippen molar-refractivity contribution in [3.05, 3.63) is 40.7 Å². The molecule has 3 heterocycles. The highest BCUT2D eigenvalue weighted by Crippen LogP contribution is 2.27. The predicted octanol–water partition coefficient (Wildman–Crippen LogP) is 1.37. The van der Waals surface area contributed by atoms with Crippen molar-refractivity contribution in [2.75, 3.05) is 25.5 Å². The number of carbonyl (C=O) groups excluding carboxylic acids is 4. The van der Waals surface area contributed by atoms with Gasteiger partial charge in [-0.1, -0.05) is 0 Å². The largest absolute Gasteiger partial charge is 0.459 e. The number of carbonyl (C=O) groups is 4. The minimum atomic E-state index is -0.490. The summed E-state index contributed by atoms with van der Waals surface area (Å²) in [5, 5.41) is 8.34. The lowest BCUT2D eigenvalue weighted by Gasteiger charge is -2.23. The smallest absolute Gasteiger partial charge is 0.291 e. The second-order valence-electron chi connectivity index (χ2n) is 6.60. The molecule has 154 valence electrons. The summed E-state index contributed by atoms with van der Waals surface area (Å²) in [4.78, 5) is 50.8. The fourth-order valence-electron chi connectivity index (χ4n) is 3.19. The van der Waals surface area contributed by atoms with Crippen LogP contribution in [0.2, 0.25) is 0 Å². The van der Waals surface area contributed by atoms with E-state index in [1.165, 1.54) is 18.2 Å². The van der Waals surface area contributed by atoms with Gasteiger partial charge in [0, 0.05) is 13.6 Å². The average molecular weight is 418 g/mol. The van der Waals surface area contributed by atoms with Crippen LogP contribution in [-0.4, -0.2) is 54.7 Å². The normalized spacial score (nSPS) is 15.8. The van der Waals surface area contributed by atoms with Gasteiger partial charge in [-0.25, -0.2) is 0 Å².